The molecule has 5 nitrogen and oxygen atoms in total. The zero-order valence-corrected chi connectivity index (χ0v) is 14.4. The van der Waals surface area contributed by atoms with E-state index in [2.05, 4.69) is 20.9 Å². The Bertz CT molecular complexity index is 675. The van der Waals surface area contributed by atoms with Gasteiger partial charge in [-0.1, -0.05) is 27.7 Å². The standard InChI is InChI=1S/C14H17BrN2O3S/c1-19-6-5-17-13(18)11-9-10(15)3-4-12(11)16-14(17)21-8-7-20-2/h3-4,9H,5-8H2,1-2H3. The summed E-state index contributed by atoms with van der Waals surface area (Å²) in [6.07, 6.45) is 0. The van der Waals surface area contributed by atoms with Gasteiger partial charge in [0.15, 0.2) is 5.16 Å². The van der Waals surface area contributed by atoms with E-state index >= 15 is 0 Å². The molecule has 0 aliphatic carbocycles. The van der Waals surface area contributed by atoms with Crippen molar-refractivity contribution in [1.29, 1.82) is 0 Å². The minimum Gasteiger partial charge on any atom is -0.384 e. The van der Waals surface area contributed by atoms with Crippen LogP contribution in [0.3, 0.4) is 0 Å². The van der Waals surface area contributed by atoms with E-state index in [0.29, 0.717) is 35.8 Å². The molecule has 0 spiro atoms. The maximum Gasteiger partial charge on any atom is 0.262 e. The molecule has 0 aliphatic rings. The van der Waals surface area contributed by atoms with Crippen LogP contribution in [0.25, 0.3) is 10.9 Å². The fourth-order valence-corrected chi connectivity index (χ4v) is 3.17. The summed E-state index contributed by atoms with van der Waals surface area (Å²) in [4.78, 5) is 17.2. The van der Waals surface area contributed by atoms with Gasteiger partial charge in [-0.05, 0) is 18.2 Å². The Morgan fingerprint density at radius 3 is 2.76 bits per heavy atom. The molecule has 0 bridgehead atoms. The highest BCUT2D eigenvalue weighted by atomic mass is 79.9. The first-order valence-corrected chi connectivity index (χ1v) is 8.26. The molecule has 0 radical (unpaired) electrons. The summed E-state index contributed by atoms with van der Waals surface area (Å²) in [5, 5.41) is 1.31. The van der Waals surface area contributed by atoms with E-state index in [-0.39, 0.29) is 5.56 Å². The van der Waals surface area contributed by atoms with Crippen molar-refractivity contribution in [2.75, 3.05) is 33.2 Å². The molecule has 1 aromatic carbocycles. The van der Waals surface area contributed by atoms with Gasteiger partial charge in [0.25, 0.3) is 5.56 Å². The Morgan fingerprint density at radius 1 is 1.29 bits per heavy atom. The Labute approximate surface area is 135 Å². The number of halogens is 1. The van der Waals surface area contributed by atoms with Crippen LogP contribution in [0.2, 0.25) is 0 Å². The van der Waals surface area contributed by atoms with Crippen LogP contribution >= 0.6 is 27.7 Å². The second kappa shape index (κ2) is 7.93. The number of ether oxygens (including phenoxy) is 2. The maximum atomic E-state index is 12.6. The molecule has 7 heteroatoms. The number of benzene rings is 1. The first kappa shape index (κ1) is 16.5. The van der Waals surface area contributed by atoms with Crippen molar-refractivity contribution in [3.63, 3.8) is 0 Å². The topological polar surface area (TPSA) is 53.3 Å². The van der Waals surface area contributed by atoms with Crippen molar-refractivity contribution in [1.82, 2.24) is 9.55 Å². The van der Waals surface area contributed by atoms with Crippen LogP contribution in [0.15, 0.2) is 32.6 Å². The average molecular weight is 373 g/mol. The van der Waals surface area contributed by atoms with Gasteiger partial charge in [-0.15, -0.1) is 0 Å². The van der Waals surface area contributed by atoms with Crippen molar-refractivity contribution >= 4 is 38.6 Å². The molecule has 0 saturated heterocycles. The Morgan fingerprint density at radius 2 is 2.05 bits per heavy atom. The highest BCUT2D eigenvalue weighted by Crippen LogP contribution is 2.20. The van der Waals surface area contributed by atoms with Crippen LogP contribution in [-0.2, 0) is 16.0 Å². The number of nitrogens with zero attached hydrogens (tertiary/aromatic N) is 2. The zero-order valence-electron chi connectivity index (χ0n) is 12.0. The number of hydrogen-bond acceptors (Lipinski definition) is 5. The van der Waals surface area contributed by atoms with Crippen LogP contribution in [0.5, 0.6) is 0 Å². The second-order valence-corrected chi connectivity index (χ2v) is 6.32. The van der Waals surface area contributed by atoms with E-state index in [1.165, 1.54) is 11.8 Å². The third-order valence-electron chi connectivity index (χ3n) is 2.92. The lowest BCUT2D eigenvalue weighted by atomic mass is 10.2. The molecule has 21 heavy (non-hydrogen) atoms. The fourth-order valence-electron chi connectivity index (χ4n) is 1.88. The second-order valence-electron chi connectivity index (χ2n) is 4.35. The lowest BCUT2D eigenvalue weighted by Crippen LogP contribution is -2.25. The molecule has 2 aromatic rings. The number of rotatable bonds is 7. The van der Waals surface area contributed by atoms with E-state index in [4.69, 9.17) is 9.47 Å². The molecule has 114 valence electrons. The summed E-state index contributed by atoms with van der Waals surface area (Å²) in [6, 6.07) is 5.54. The summed E-state index contributed by atoms with van der Waals surface area (Å²) in [5.74, 6) is 0.748. The Kier molecular flexibility index (Phi) is 6.22. The Balaban J connectivity index is 2.48. The SMILES string of the molecule is COCCSc1nc2ccc(Br)cc2c(=O)n1CCOC. The molecule has 0 unspecified atom stereocenters. The van der Waals surface area contributed by atoms with Gasteiger partial charge in [0, 0.05) is 24.4 Å². The monoisotopic (exact) mass is 372 g/mol. The number of thioether (sulfide) groups is 1. The van der Waals surface area contributed by atoms with Gasteiger partial charge in [-0.3, -0.25) is 9.36 Å². The molecular formula is C14H17BrN2O3S. The van der Waals surface area contributed by atoms with Crippen LogP contribution in [0.1, 0.15) is 0 Å². The highest BCUT2D eigenvalue weighted by Gasteiger charge is 2.11. The van der Waals surface area contributed by atoms with E-state index in [0.717, 1.165) is 10.2 Å². The molecular weight excluding hydrogens is 356 g/mol. The summed E-state index contributed by atoms with van der Waals surface area (Å²) in [5.41, 5.74) is 0.662. The van der Waals surface area contributed by atoms with Gasteiger partial charge in [-0.2, -0.15) is 0 Å². The van der Waals surface area contributed by atoms with Crippen LogP contribution < -0.4 is 5.56 Å². The molecule has 0 atom stereocenters. The van der Waals surface area contributed by atoms with Gasteiger partial charge in [0.05, 0.1) is 30.7 Å². The van der Waals surface area contributed by atoms with Crippen molar-refractivity contribution in [2.45, 2.75) is 11.7 Å². The van der Waals surface area contributed by atoms with Gasteiger partial charge >= 0.3 is 0 Å². The van der Waals surface area contributed by atoms with Crippen molar-refractivity contribution in [3.05, 3.63) is 33.0 Å². The van der Waals surface area contributed by atoms with E-state index in [1.807, 2.05) is 12.1 Å². The first-order chi connectivity index (χ1) is 10.2. The zero-order chi connectivity index (χ0) is 15.2. The molecule has 0 aliphatic heterocycles. The largest absolute Gasteiger partial charge is 0.384 e. The minimum absolute atomic E-state index is 0.0433. The smallest absolute Gasteiger partial charge is 0.262 e. The molecule has 0 N–H and O–H groups in total. The van der Waals surface area contributed by atoms with Crippen molar-refractivity contribution in [3.8, 4) is 0 Å². The molecule has 0 amide bonds. The minimum atomic E-state index is -0.0433. The van der Waals surface area contributed by atoms with Gasteiger partial charge < -0.3 is 9.47 Å². The lowest BCUT2D eigenvalue weighted by Gasteiger charge is -2.12. The third kappa shape index (κ3) is 4.06. The van der Waals surface area contributed by atoms with Crippen molar-refractivity contribution in [2.24, 2.45) is 0 Å². The summed E-state index contributed by atoms with van der Waals surface area (Å²) < 4.78 is 12.7. The first-order valence-electron chi connectivity index (χ1n) is 6.48. The highest BCUT2D eigenvalue weighted by molar-refractivity contribution is 9.10. The Hall–Kier alpha value is -0.890. The molecule has 1 heterocycles. The van der Waals surface area contributed by atoms with Gasteiger partial charge in [0.1, 0.15) is 0 Å². The van der Waals surface area contributed by atoms with Crippen LogP contribution in [0, 0.1) is 0 Å². The van der Waals surface area contributed by atoms with E-state index < -0.39 is 0 Å². The molecule has 0 fully saturated rings. The molecule has 0 saturated carbocycles. The molecule has 2 rings (SSSR count). The average Bonchev–Trinajstić information content (AvgIpc) is 2.48. The molecule has 1 aromatic heterocycles. The number of aromatic nitrogens is 2. The van der Waals surface area contributed by atoms with Crippen LogP contribution in [0.4, 0.5) is 0 Å². The van der Waals surface area contributed by atoms with Crippen molar-refractivity contribution < 1.29 is 9.47 Å². The number of methoxy groups -OCH3 is 2. The lowest BCUT2D eigenvalue weighted by molar-refractivity contribution is 0.183. The summed E-state index contributed by atoms with van der Waals surface area (Å²) in [7, 11) is 3.28. The van der Waals surface area contributed by atoms with Gasteiger partial charge in [0.2, 0.25) is 0 Å². The normalized spacial score (nSPS) is 11.2. The van der Waals surface area contributed by atoms with Crippen LogP contribution in [-0.4, -0.2) is 42.7 Å². The summed E-state index contributed by atoms with van der Waals surface area (Å²) in [6.45, 7) is 1.57. The maximum absolute atomic E-state index is 12.6. The number of fused-ring (bicyclic) bond motifs is 1. The van der Waals surface area contributed by atoms with E-state index in [9.17, 15) is 4.79 Å². The third-order valence-corrected chi connectivity index (χ3v) is 4.35. The predicted octanol–water partition coefficient (Wildman–Crippen LogP) is 2.54. The van der Waals surface area contributed by atoms with Gasteiger partial charge in [-0.25, -0.2) is 4.98 Å². The number of hydrogen-bond donors (Lipinski definition) is 0. The predicted molar refractivity (Wildman–Crippen MR) is 88.2 cm³/mol. The van der Waals surface area contributed by atoms with E-state index in [1.54, 1.807) is 24.9 Å². The quantitative estimate of drug-likeness (QED) is 0.424. The summed E-state index contributed by atoms with van der Waals surface area (Å²) >= 11 is 4.91. The fraction of sp³-hybridized carbons (Fsp3) is 0.429.